The zero-order valence-electron chi connectivity index (χ0n) is 21.3. The number of benzene rings is 2. The molecule has 2 aromatic rings. The van der Waals surface area contributed by atoms with E-state index in [-0.39, 0.29) is 11.3 Å². The molecule has 0 aliphatic carbocycles. The molecule has 1 atom stereocenters. The number of methoxy groups -OCH3 is 1. The highest BCUT2D eigenvalue weighted by molar-refractivity contribution is 6.46. The predicted octanol–water partition coefficient (Wildman–Crippen LogP) is 4.56. The highest BCUT2D eigenvalue weighted by Gasteiger charge is 2.45. The van der Waals surface area contributed by atoms with Gasteiger partial charge in [0.2, 0.25) is 0 Å². The van der Waals surface area contributed by atoms with E-state index in [1.54, 1.807) is 42.3 Å². The molecular weight excluding hydrogens is 444 g/mol. The topological polar surface area (TPSA) is 79.3 Å². The Morgan fingerprint density at radius 2 is 1.74 bits per heavy atom. The average molecular weight is 481 g/mol. The summed E-state index contributed by atoms with van der Waals surface area (Å²) in [7, 11) is 1.59. The summed E-state index contributed by atoms with van der Waals surface area (Å²) in [5.41, 5.74) is 2.17. The Morgan fingerprint density at radius 3 is 2.31 bits per heavy atom. The summed E-state index contributed by atoms with van der Waals surface area (Å²) in [6.45, 7) is 11.6. The number of likely N-dealkylation sites (tertiary alicyclic amines) is 1. The quantitative estimate of drug-likeness (QED) is 0.289. The van der Waals surface area contributed by atoms with E-state index in [1.165, 1.54) is 0 Å². The second-order valence-corrected chi connectivity index (χ2v) is 8.56. The van der Waals surface area contributed by atoms with Crippen LogP contribution in [0.2, 0.25) is 0 Å². The summed E-state index contributed by atoms with van der Waals surface area (Å²) in [6, 6.07) is 11.9. The van der Waals surface area contributed by atoms with Crippen LogP contribution in [-0.2, 0) is 9.59 Å². The van der Waals surface area contributed by atoms with Crippen LogP contribution in [0.25, 0.3) is 5.76 Å². The summed E-state index contributed by atoms with van der Waals surface area (Å²) in [6.07, 6.45) is 0.726. The van der Waals surface area contributed by atoms with Gasteiger partial charge in [0.25, 0.3) is 11.7 Å². The molecule has 1 amide bonds. The Labute approximate surface area is 207 Å². The van der Waals surface area contributed by atoms with Gasteiger partial charge in [0, 0.05) is 12.1 Å². The van der Waals surface area contributed by atoms with Crippen LogP contribution in [0, 0.1) is 6.92 Å². The fraction of sp³-hybridized carbons (Fsp3) is 0.429. The molecule has 1 saturated heterocycles. The number of aryl methyl sites for hydroxylation is 1. The maximum Gasteiger partial charge on any atom is 0.295 e. The highest BCUT2D eigenvalue weighted by Crippen LogP contribution is 2.40. The van der Waals surface area contributed by atoms with E-state index in [2.05, 4.69) is 18.7 Å². The van der Waals surface area contributed by atoms with Gasteiger partial charge in [-0.1, -0.05) is 26.0 Å². The predicted molar refractivity (Wildman–Crippen MR) is 137 cm³/mol. The van der Waals surface area contributed by atoms with E-state index in [0.717, 1.165) is 37.2 Å². The van der Waals surface area contributed by atoms with Gasteiger partial charge in [-0.25, -0.2) is 0 Å². The van der Waals surface area contributed by atoms with Crippen LogP contribution in [0.3, 0.4) is 0 Å². The van der Waals surface area contributed by atoms with Gasteiger partial charge < -0.3 is 24.4 Å². The van der Waals surface area contributed by atoms with Crippen molar-refractivity contribution in [2.45, 2.75) is 40.2 Å². The molecule has 1 heterocycles. The number of ether oxygens (including phenoxy) is 2. The van der Waals surface area contributed by atoms with Crippen molar-refractivity contribution in [2.24, 2.45) is 0 Å². The van der Waals surface area contributed by atoms with Crippen LogP contribution < -0.4 is 9.47 Å². The van der Waals surface area contributed by atoms with Crippen molar-refractivity contribution in [2.75, 3.05) is 39.9 Å². The molecule has 35 heavy (non-hydrogen) atoms. The summed E-state index contributed by atoms with van der Waals surface area (Å²) < 4.78 is 10.9. The number of aliphatic hydroxyl groups excluding tert-OH is 1. The largest absolute Gasteiger partial charge is 0.507 e. The number of amides is 1. The molecule has 1 N–H and O–H groups in total. The van der Waals surface area contributed by atoms with Gasteiger partial charge in [0.05, 0.1) is 25.3 Å². The molecule has 1 unspecified atom stereocenters. The van der Waals surface area contributed by atoms with Crippen LogP contribution in [-0.4, -0.2) is 66.5 Å². The van der Waals surface area contributed by atoms with E-state index in [4.69, 9.17) is 9.47 Å². The van der Waals surface area contributed by atoms with Gasteiger partial charge in [-0.05, 0) is 81.4 Å². The number of hydrogen-bond donors (Lipinski definition) is 1. The SMILES string of the molecule is CCOc1ccc(C(O)=C2C(=O)C(=O)N(CCCN(CC)CC)C2c2ccc(OC)cc2)cc1C. The number of ketones is 1. The van der Waals surface area contributed by atoms with Crippen LogP contribution in [0.5, 0.6) is 11.5 Å². The Bertz CT molecular complexity index is 1070. The number of carbonyl (C=O) groups is 2. The van der Waals surface area contributed by atoms with Crippen LogP contribution in [0.1, 0.15) is 49.9 Å². The minimum Gasteiger partial charge on any atom is -0.507 e. The molecule has 1 aliphatic heterocycles. The van der Waals surface area contributed by atoms with E-state index >= 15 is 0 Å². The molecule has 7 nitrogen and oxygen atoms in total. The maximum atomic E-state index is 13.2. The normalized spacial score (nSPS) is 17.3. The van der Waals surface area contributed by atoms with Gasteiger partial charge in [0.15, 0.2) is 0 Å². The first-order chi connectivity index (χ1) is 16.9. The second kappa shape index (κ2) is 11.9. The van der Waals surface area contributed by atoms with E-state index in [9.17, 15) is 14.7 Å². The molecule has 188 valence electrons. The van der Waals surface area contributed by atoms with Gasteiger partial charge in [-0.15, -0.1) is 0 Å². The number of Topliss-reactive ketones (excluding diaryl/α,β-unsaturated/α-hetero) is 1. The number of carbonyl (C=O) groups excluding carboxylic acids is 2. The van der Waals surface area contributed by atoms with Crippen LogP contribution in [0.4, 0.5) is 0 Å². The zero-order valence-corrected chi connectivity index (χ0v) is 21.3. The minimum atomic E-state index is -0.676. The molecule has 0 spiro atoms. The average Bonchev–Trinajstić information content (AvgIpc) is 3.12. The summed E-state index contributed by atoms with van der Waals surface area (Å²) in [5, 5.41) is 11.3. The molecule has 3 rings (SSSR count). The fourth-order valence-electron chi connectivity index (χ4n) is 4.52. The third-order valence-corrected chi connectivity index (χ3v) is 6.49. The standard InChI is InChI=1S/C28H36N2O5/c1-6-29(7-2)16-9-17-30-25(20-10-13-22(34-5)14-11-20)24(27(32)28(30)33)26(31)21-12-15-23(35-8-3)19(4)18-21/h10-15,18,25,31H,6-9,16-17H2,1-5H3. The third-order valence-electron chi connectivity index (χ3n) is 6.49. The Morgan fingerprint density at radius 1 is 1.06 bits per heavy atom. The fourth-order valence-corrected chi connectivity index (χ4v) is 4.52. The van der Waals surface area contributed by atoms with Crippen molar-refractivity contribution in [3.63, 3.8) is 0 Å². The van der Waals surface area contributed by atoms with Crippen molar-refractivity contribution < 1.29 is 24.2 Å². The van der Waals surface area contributed by atoms with Crippen molar-refractivity contribution in [1.82, 2.24) is 9.80 Å². The summed E-state index contributed by atoms with van der Waals surface area (Å²) >= 11 is 0. The second-order valence-electron chi connectivity index (χ2n) is 8.56. The molecule has 2 aromatic carbocycles. The first kappa shape index (κ1) is 26.3. The first-order valence-corrected chi connectivity index (χ1v) is 12.2. The molecule has 0 radical (unpaired) electrons. The summed E-state index contributed by atoms with van der Waals surface area (Å²) in [4.78, 5) is 30.2. The lowest BCUT2D eigenvalue weighted by molar-refractivity contribution is -0.140. The molecule has 1 aliphatic rings. The highest BCUT2D eigenvalue weighted by atomic mass is 16.5. The first-order valence-electron chi connectivity index (χ1n) is 12.2. The molecule has 0 saturated carbocycles. The van der Waals surface area contributed by atoms with Gasteiger partial charge in [-0.3, -0.25) is 9.59 Å². The summed E-state index contributed by atoms with van der Waals surface area (Å²) in [5.74, 6) is -0.0455. The lowest BCUT2D eigenvalue weighted by Gasteiger charge is -2.27. The number of nitrogens with zero attached hydrogens (tertiary/aromatic N) is 2. The van der Waals surface area contributed by atoms with Crippen molar-refractivity contribution in [3.8, 4) is 11.5 Å². The van der Waals surface area contributed by atoms with Gasteiger partial charge in [0.1, 0.15) is 17.3 Å². The van der Waals surface area contributed by atoms with Crippen molar-refractivity contribution in [1.29, 1.82) is 0 Å². The molecule has 1 fully saturated rings. The number of rotatable bonds is 11. The molecule has 0 aromatic heterocycles. The zero-order chi connectivity index (χ0) is 25.5. The third kappa shape index (κ3) is 5.68. The minimum absolute atomic E-state index is 0.103. The van der Waals surface area contributed by atoms with Crippen LogP contribution >= 0.6 is 0 Å². The van der Waals surface area contributed by atoms with Gasteiger partial charge >= 0.3 is 0 Å². The lowest BCUT2D eigenvalue weighted by Crippen LogP contribution is -2.33. The smallest absolute Gasteiger partial charge is 0.295 e. The maximum absolute atomic E-state index is 13.2. The van der Waals surface area contributed by atoms with Gasteiger partial charge in [-0.2, -0.15) is 0 Å². The molecule has 0 bridgehead atoms. The monoisotopic (exact) mass is 480 g/mol. The van der Waals surface area contributed by atoms with Crippen molar-refractivity contribution in [3.05, 3.63) is 64.7 Å². The lowest BCUT2D eigenvalue weighted by atomic mass is 9.94. The Hall–Kier alpha value is -3.32. The van der Waals surface area contributed by atoms with E-state index < -0.39 is 17.7 Å². The number of hydrogen-bond acceptors (Lipinski definition) is 6. The Kier molecular flexibility index (Phi) is 8.93. The van der Waals surface area contributed by atoms with E-state index in [0.29, 0.717) is 30.2 Å². The van der Waals surface area contributed by atoms with Crippen LogP contribution in [0.15, 0.2) is 48.0 Å². The molecule has 7 heteroatoms. The Balaban J connectivity index is 2.04. The molecular formula is C28H36N2O5. The number of aliphatic hydroxyl groups is 1. The van der Waals surface area contributed by atoms with E-state index in [1.807, 2.05) is 26.0 Å². The van der Waals surface area contributed by atoms with Crippen molar-refractivity contribution >= 4 is 17.4 Å².